The molecular formula is C12H23N. The minimum atomic E-state index is 0.741. The fourth-order valence-corrected chi connectivity index (χ4v) is 1.43. The van der Waals surface area contributed by atoms with Crippen molar-refractivity contribution in [3.63, 3.8) is 0 Å². The van der Waals surface area contributed by atoms with Crippen molar-refractivity contribution >= 4 is 0 Å². The molecule has 1 unspecified atom stereocenters. The number of unbranched alkanes of at least 4 members (excludes halogenated alkanes) is 5. The highest BCUT2D eigenvalue weighted by atomic mass is 14.2. The number of hydrogen-bond donors (Lipinski definition) is 0. The molecule has 0 aliphatic carbocycles. The van der Waals surface area contributed by atoms with Crippen LogP contribution in [-0.2, 0) is 0 Å². The SMILES string of the molecule is CCC(C)CCCCCCCC#N. The molecule has 0 aromatic heterocycles. The van der Waals surface area contributed by atoms with Gasteiger partial charge in [0.15, 0.2) is 0 Å². The van der Waals surface area contributed by atoms with Crippen LogP contribution in [0.4, 0.5) is 0 Å². The Morgan fingerprint density at radius 1 is 1.08 bits per heavy atom. The highest BCUT2D eigenvalue weighted by molar-refractivity contribution is 4.67. The first kappa shape index (κ1) is 12.5. The van der Waals surface area contributed by atoms with Crippen molar-refractivity contribution in [2.24, 2.45) is 5.92 Å². The van der Waals surface area contributed by atoms with E-state index in [2.05, 4.69) is 19.9 Å². The van der Waals surface area contributed by atoms with Gasteiger partial charge in [-0.3, -0.25) is 0 Å². The molecule has 76 valence electrons. The summed E-state index contributed by atoms with van der Waals surface area (Å²) >= 11 is 0. The van der Waals surface area contributed by atoms with E-state index in [0.29, 0.717) is 0 Å². The van der Waals surface area contributed by atoms with Gasteiger partial charge in [-0.25, -0.2) is 0 Å². The summed E-state index contributed by atoms with van der Waals surface area (Å²) in [4.78, 5) is 0. The second-order valence-electron chi connectivity index (χ2n) is 3.98. The maximum Gasteiger partial charge on any atom is 0.0621 e. The molecule has 0 N–H and O–H groups in total. The summed E-state index contributed by atoms with van der Waals surface area (Å²) in [6, 6.07) is 2.19. The second-order valence-corrected chi connectivity index (χ2v) is 3.98. The van der Waals surface area contributed by atoms with Crippen LogP contribution < -0.4 is 0 Å². The average Bonchev–Trinajstić information content (AvgIpc) is 2.16. The minimum Gasteiger partial charge on any atom is -0.198 e. The topological polar surface area (TPSA) is 23.8 Å². The third-order valence-electron chi connectivity index (χ3n) is 2.68. The maximum atomic E-state index is 8.32. The van der Waals surface area contributed by atoms with Gasteiger partial charge in [-0.2, -0.15) is 5.26 Å². The molecule has 0 spiro atoms. The van der Waals surface area contributed by atoms with Gasteiger partial charge >= 0.3 is 0 Å². The van der Waals surface area contributed by atoms with Crippen molar-refractivity contribution in [1.29, 1.82) is 5.26 Å². The lowest BCUT2D eigenvalue weighted by Crippen LogP contribution is -1.91. The Hall–Kier alpha value is -0.510. The van der Waals surface area contributed by atoms with E-state index in [1.165, 1.54) is 38.5 Å². The van der Waals surface area contributed by atoms with E-state index in [1.54, 1.807) is 0 Å². The third kappa shape index (κ3) is 9.40. The number of nitriles is 1. The predicted octanol–water partition coefficient (Wildman–Crippen LogP) is 4.29. The van der Waals surface area contributed by atoms with E-state index < -0.39 is 0 Å². The molecule has 13 heavy (non-hydrogen) atoms. The molecule has 0 rings (SSSR count). The Morgan fingerprint density at radius 3 is 2.31 bits per heavy atom. The van der Waals surface area contributed by atoms with E-state index in [4.69, 9.17) is 5.26 Å². The van der Waals surface area contributed by atoms with Gasteiger partial charge in [0, 0.05) is 6.42 Å². The van der Waals surface area contributed by atoms with Crippen molar-refractivity contribution in [3.8, 4) is 6.07 Å². The first-order valence-electron chi connectivity index (χ1n) is 5.68. The molecule has 0 bridgehead atoms. The van der Waals surface area contributed by atoms with E-state index >= 15 is 0 Å². The van der Waals surface area contributed by atoms with E-state index in [0.717, 1.165) is 18.8 Å². The number of rotatable bonds is 8. The van der Waals surface area contributed by atoms with Crippen LogP contribution in [0.3, 0.4) is 0 Å². The minimum absolute atomic E-state index is 0.741. The summed E-state index contributed by atoms with van der Waals surface area (Å²) in [6.07, 6.45) is 9.83. The standard InChI is InChI=1S/C12H23N/c1-3-12(2)10-8-6-4-5-7-9-11-13/h12H,3-10H2,1-2H3. The van der Waals surface area contributed by atoms with Crippen LogP contribution >= 0.6 is 0 Å². The Bertz CT molecular complexity index is 135. The van der Waals surface area contributed by atoms with Gasteiger partial charge in [0.05, 0.1) is 6.07 Å². The fourth-order valence-electron chi connectivity index (χ4n) is 1.43. The molecule has 0 saturated carbocycles. The van der Waals surface area contributed by atoms with E-state index in [-0.39, 0.29) is 0 Å². The monoisotopic (exact) mass is 181 g/mol. The highest BCUT2D eigenvalue weighted by Gasteiger charge is 1.97. The normalized spacial score (nSPS) is 12.4. The average molecular weight is 181 g/mol. The number of hydrogen-bond acceptors (Lipinski definition) is 1. The molecular weight excluding hydrogens is 158 g/mol. The lowest BCUT2D eigenvalue weighted by atomic mass is 10.00. The first-order valence-corrected chi connectivity index (χ1v) is 5.68. The Morgan fingerprint density at radius 2 is 1.69 bits per heavy atom. The van der Waals surface area contributed by atoms with Gasteiger partial charge in [0.2, 0.25) is 0 Å². The maximum absolute atomic E-state index is 8.32. The van der Waals surface area contributed by atoms with Crippen LogP contribution in [0.15, 0.2) is 0 Å². The summed E-state index contributed by atoms with van der Waals surface area (Å²) in [5.74, 6) is 0.902. The molecule has 0 aliphatic heterocycles. The first-order chi connectivity index (χ1) is 6.31. The van der Waals surface area contributed by atoms with Crippen LogP contribution in [0.2, 0.25) is 0 Å². The lowest BCUT2D eigenvalue weighted by molar-refractivity contribution is 0.473. The number of nitrogens with zero attached hydrogens (tertiary/aromatic N) is 1. The smallest absolute Gasteiger partial charge is 0.0621 e. The van der Waals surface area contributed by atoms with Crippen molar-refractivity contribution in [2.45, 2.75) is 65.2 Å². The zero-order valence-corrected chi connectivity index (χ0v) is 9.18. The van der Waals surface area contributed by atoms with Gasteiger partial charge in [0.25, 0.3) is 0 Å². The second kappa shape index (κ2) is 9.58. The van der Waals surface area contributed by atoms with Gasteiger partial charge in [-0.1, -0.05) is 52.4 Å². The molecule has 0 aliphatic rings. The third-order valence-corrected chi connectivity index (χ3v) is 2.68. The Labute approximate surface area is 83.1 Å². The van der Waals surface area contributed by atoms with Crippen LogP contribution in [0.25, 0.3) is 0 Å². The summed E-state index contributed by atoms with van der Waals surface area (Å²) in [7, 11) is 0. The van der Waals surface area contributed by atoms with Crippen LogP contribution in [0.5, 0.6) is 0 Å². The largest absolute Gasteiger partial charge is 0.198 e. The molecule has 0 aromatic carbocycles. The molecule has 1 heteroatoms. The molecule has 0 fully saturated rings. The Balaban J connectivity index is 2.96. The predicted molar refractivity (Wildman–Crippen MR) is 57.4 cm³/mol. The fraction of sp³-hybridized carbons (Fsp3) is 0.917. The quantitative estimate of drug-likeness (QED) is 0.512. The van der Waals surface area contributed by atoms with Crippen LogP contribution in [0.1, 0.15) is 65.2 Å². The lowest BCUT2D eigenvalue weighted by Gasteiger charge is -2.06. The molecule has 1 atom stereocenters. The summed E-state index contributed by atoms with van der Waals surface area (Å²) < 4.78 is 0. The van der Waals surface area contributed by atoms with Crippen molar-refractivity contribution in [1.82, 2.24) is 0 Å². The van der Waals surface area contributed by atoms with E-state index in [1.807, 2.05) is 0 Å². The molecule has 1 nitrogen and oxygen atoms in total. The summed E-state index contributed by atoms with van der Waals surface area (Å²) in [5.41, 5.74) is 0. The van der Waals surface area contributed by atoms with Crippen LogP contribution in [-0.4, -0.2) is 0 Å². The Kier molecular flexibility index (Phi) is 9.20. The van der Waals surface area contributed by atoms with Crippen molar-refractivity contribution in [2.75, 3.05) is 0 Å². The van der Waals surface area contributed by atoms with Gasteiger partial charge in [-0.05, 0) is 12.3 Å². The van der Waals surface area contributed by atoms with Crippen LogP contribution in [0, 0.1) is 17.2 Å². The summed E-state index contributed by atoms with van der Waals surface area (Å²) in [6.45, 7) is 4.59. The van der Waals surface area contributed by atoms with Gasteiger partial charge in [-0.15, -0.1) is 0 Å². The molecule has 0 amide bonds. The molecule has 0 heterocycles. The molecule has 0 aromatic rings. The zero-order chi connectivity index (χ0) is 9.94. The van der Waals surface area contributed by atoms with Gasteiger partial charge in [0.1, 0.15) is 0 Å². The van der Waals surface area contributed by atoms with Crippen molar-refractivity contribution < 1.29 is 0 Å². The molecule has 0 radical (unpaired) electrons. The van der Waals surface area contributed by atoms with Gasteiger partial charge < -0.3 is 0 Å². The van der Waals surface area contributed by atoms with E-state index in [9.17, 15) is 0 Å². The summed E-state index contributed by atoms with van der Waals surface area (Å²) in [5, 5.41) is 8.32. The molecule has 0 saturated heterocycles. The highest BCUT2D eigenvalue weighted by Crippen LogP contribution is 2.13. The zero-order valence-electron chi connectivity index (χ0n) is 9.18. The van der Waals surface area contributed by atoms with Crippen molar-refractivity contribution in [3.05, 3.63) is 0 Å².